The standard InChI is InChI=1S/C11H18N2O6/c12-6-11(1-3-19-4-2-11)10(18)13-7(9(16)17)5-8(14)15/h7H,1-6,12H2,(H,13,18)(H,14,15)(H,16,17). The Morgan fingerprint density at radius 1 is 1.26 bits per heavy atom. The minimum absolute atomic E-state index is 0.0710. The average Bonchev–Trinajstić information content (AvgIpc) is 2.38. The molecule has 1 fully saturated rings. The van der Waals surface area contributed by atoms with Crippen molar-refractivity contribution < 1.29 is 29.3 Å². The Kier molecular flexibility index (Phi) is 5.25. The lowest BCUT2D eigenvalue weighted by Gasteiger charge is -2.35. The van der Waals surface area contributed by atoms with Crippen LogP contribution in [-0.2, 0) is 19.1 Å². The summed E-state index contributed by atoms with van der Waals surface area (Å²) < 4.78 is 5.15. The first-order valence-electron chi connectivity index (χ1n) is 5.94. The van der Waals surface area contributed by atoms with Gasteiger partial charge in [0.15, 0.2) is 0 Å². The molecule has 1 aliphatic heterocycles. The van der Waals surface area contributed by atoms with Gasteiger partial charge in [-0.3, -0.25) is 9.59 Å². The Morgan fingerprint density at radius 3 is 2.26 bits per heavy atom. The Balaban J connectivity index is 2.74. The van der Waals surface area contributed by atoms with Gasteiger partial charge in [0.25, 0.3) is 0 Å². The highest BCUT2D eigenvalue weighted by molar-refractivity contribution is 5.89. The topological polar surface area (TPSA) is 139 Å². The highest BCUT2D eigenvalue weighted by Crippen LogP contribution is 2.29. The molecule has 0 spiro atoms. The molecule has 0 aromatic carbocycles. The molecule has 1 atom stereocenters. The van der Waals surface area contributed by atoms with Crippen LogP contribution < -0.4 is 11.1 Å². The van der Waals surface area contributed by atoms with Crippen LogP contribution in [0.25, 0.3) is 0 Å². The van der Waals surface area contributed by atoms with Crippen LogP contribution in [0.3, 0.4) is 0 Å². The minimum atomic E-state index is -1.45. The van der Waals surface area contributed by atoms with Gasteiger partial charge in [0, 0.05) is 19.8 Å². The second-order valence-electron chi connectivity index (χ2n) is 4.56. The fourth-order valence-electron chi connectivity index (χ4n) is 1.97. The molecule has 5 N–H and O–H groups in total. The van der Waals surface area contributed by atoms with Crippen LogP contribution in [0.5, 0.6) is 0 Å². The smallest absolute Gasteiger partial charge is 0.326 e. The van der Waals surface area contributed by atoms with Gasteiger partial charge < -0.3 is 26.0 Å². The molecule has 1 saturated heterocycles. The summed E-state index contributed by atoms with van der Waals surface area (Å²) in [6.45, 7) is 0.824. The fourth-order valence-corrected chi connectivity index (χ4v) is 1.97. The first-order chi connectivity index (χ1) is 8.91. The highest BCUT2D eigenvalue weighted by Gasteiger charge is 2.40. The predicted molar refractivity (Wildman–Crippen MR) is 63.4 cm³/mol. The molecular formula is C11H18N2O6. The molecule has 1 unspecified atom stereocenters. The Hall–Kier alpha value is -1.67. The summed E-state index contributed by atoms with van der Waals surface area (Å²) >= 11 is 0. The van der Waals surface area contributed by atoms with Gasteiger partial charge in [0.05, 0.1) is 11.8 Å². The zero-order valence-corrected chi connectivity index (χ0v) is 10.4. The van der Waals surface area contributed by atoms with E-state index in [0.717, 1.165) is 0 Å². The number of carboxylic acid groups (broad SMARTS) is 2. The zero-order chi connectivity index (χ0) is 14.5. The average molecular weight is 274 g/mol. The molecular weight excluding hydrogens is 256 g/mol. The lowest BCUT2D eigenvalue weighted by molar-refractivity contribution is -0.149. The number of hydrogen-bond acceptors (Lipinski definition) is 5. The van der Waals surface area contributed by atoms with E-state index in [2.05, 4.69) is 5.32 Å². The summed E-state index contributed by atoms with van der Waals surface area (Å²) in [5, 5.41) is 19.8. The number of aliphatic carboxylic acids is 2. The van der Waals surface area contributed by atoms with Gasteiger partial charge in [-0.15, -0.1) is 0 Å². The number of hydrogen-bond donors (Lipinski definition) is 4. The van der Waals surface area contributed by atoms with Gasteiger partial charge in [-0.25, -0.2) is 4.79 Å². The van der Waals surface area contributed by atoms with Crippen LogP contribution in [0.15, 0.2) is 0 Å². The monoisotopic (exact) mass is 274 g/mol. The van der Waals surface area contributed by atoms with E-state index < -0.39 is 35.7 Å². The number of nitrogens with two attached hydrogens (primary N) is 1. The van der Waals surface area contributed by atoms with Crippen molar-refractivity contribution in [2.24, 2.45) is 11.1 Å². The van der Waals surface area contributed by atoms with E-state index in [1.165, 1.54) is 0 Å². The van der Waals surface area contributed by atoms with Crippen LogP contribution in [0.2, 0.25) is 0 Å². The largest absolute Gasteiger partial charge is 0.481 e. The van der Waals surface area contributed by atoms with Crippen LogP contribution in [0.4, 0.5) is 0 Å². The number of ether oxygens (including phenoxy) is 1. The zero-order valence-electron chi connectivity index (χ0n) is 10.4. The van der Waals surface area contributed by atoms with Gasteiger partial charge in [0.1, 0.15) is 6.04 Å². The number of amides is 1. The maximum atomic E-state index is 12.1. The van der Waals surface area contributed by atoms with Crippen molar-refractivity contribution in [1.29, 1.82) is 0 Å². The van der Waals surface area contributed by atoms with E-state index in [9.17, 15) is 14.4 Å². The van der Waals surface area contributed by atoms with Crippen molar-refractivity contribution in [3.8, 4) is 0 Å². The summed E-state index contributed by atoms with van der Waals surface area (Å²) in [4.78, 5) is 33.6. The van der Waals surface area contributed by atoms with Gasteiger partial charge in [-0.05, 0) is 12.8 Å². The molecule has 1 aliphatic rings. The summed E-state index contributed by atoms with van der Waals surface area (Å²) in [6.07, 6.45) is 0.127. The lowest BCUT2D eigenvalue weighted by Crippen LogP contribution is -2.53. The molecule has 0 aromatic rings. The molecule has 1 rings (SSSR count). The number of carboxylic acids is 2. The molecule has 0 bridgehead atoms. The third-order valence-corrected chi connectivity index (χ3v) is 3.30. The van der Waals surface area contributed by atoms with Gasteiger partial charge in [-0.1, -0.05) is 0 Å². The minimum Gasteiger partial charge on any atom is -0.481 e. The van der Waals surface area contributed by atoms with Gasteiger partial charge in [-0.2, -0.15) is 0 Å². The maximum Gasteiger partial charge on any atom is 0.326 e. The van der Waals surface area contributed by atoms with Crippen molar-refractivity contribution >= 4 is 17.8 Å². The van der Waals surface area contributed by atoms with Crippen LogP contribution in [0, 0.1) is 5.41 Å². The fraction of sp³-hybridized carbons (Fsp3) is 0.727. The molecule has 1 heterocycles. The van der Waals surface area contributed by atoms with Crippen molar-refractivity contribution in [1.82, 2.24) is 5.32 Å². The second-order valence-corrected chi connectivity index (χ2v) is 4.56. The van der Waals surface area contributed by atoms with E-state index >= 15 is 0 Å². The third kappa shape index (κ3) is 3.90. The quantitative estimate of drug-likeness (QED) is 0.476. The number of carbonyl (C=O) groups excluding carboxylic acids is 1. The van der Waals surface area contributed by atoms with E-state index in [4.69, 9.17) is 20.7 Å². The summed E-state index contributed by atoms with van der Waals surface area (Å²) in [7, 11) is 0. The lowest BCUT2D eigenvalue weighted by atomic mass is 9.79. The first-order valence-corrected chi connectivity index (χ1v) is 5.94. The van der Waals surface area contributed by atoms with Crippen molar-refractivity contribution in [3.63, 3.8) is 0 Å². The SMILES string of the molecule is NCC1(C(=O)NC(CC(=O)O)C(=O)O)CCOCC1. The van der Waals surface area contributed by atoms with E-state index in [1.807, 2.05) is 0 Å². The number of nitrogens with one attached hydrogen (secondary N) is 1. The van der Waals surface area contributed by atoms with E-state index in [0.29, 0.717) is 26.1 Å². The Bertz CT molecular complexity index is 364. The summed E-state index contributed by atoms with van der Waals surface area (Å²) in [5.41, 5.74) is 4.74. The normalized spacial score (nSPS) is 19.4. The highest BCUT2D eigenvalue weighted by atomic mass is 16.5. The van der Waals surface area contributed by atoms with Crippen LogP contribution in [0.1, 0.15) is 19.3 Å². The van der Waals surface area contributed by atoms with Crippen molar-refractivity contribution in [2.75, 3.05) is 19.8 Å². The van der Waals surface area contributed by atoms with Crippen LogP contribution in [-0.4, -0.2) is 53.9 Å². The molecule has 1 amide bonds. The second kappa shape index (κ2) is 6.48. The van der Waals surface area contributed by atoms with E-state index in [-0.39, 0.29) is 6.54 Å². The first kappa shape index (κ1) is 15.4. The third-order valence-electron chi connectivity index (χ3n) is 3.30. The predicted octanol–water partition coefficient (Wildman–Crippen LogP) is -1.21. The molecule has 0 aromatic heterocycles. The van der Waals surface area contributed by atoms with E-state index in [1.54, 1.807) is 0 Å². The van der Waals surface area contributed by atoms with Gasteiger partial charge >= 0.3 is 11.9 Å². The number of carbonyl (C=O) groups is 3. The molecule has 8 nitrogen and oxygen atoms in total. The Labute approximate surface area is 109 Å². The van der Waals surface area contributed by atoms with Crippen LogP contribution >= 0.6 is 0 Å². The molecule has 108 valence electrons. The number of rotatable bonds is 6. The molecule has 0 radical (unpaired) electrons. The van der Waals surface area contributed by atoms with Crippen molar-refractivity contribution in [3.05, 3.63) is 0 Å². The maximum absolute atomic E-state index is 12.1. The Morgan fingerprint density at radius 2 is 1.84 bits per heavy atom. The molecule has 19 heavy (non-hydrogen) atoms. The van der Waals surface area contributed by atoms with Gasteiger partial charge in [0.2, 0.25) is 5.91 Å². The molecule has 0 saturated carbocycles. The molecule has 0 aliphatic carbocycles. The summed E-state index contributed by atoms with van der Waals surface area (Å²) in [5.74, 6) is -3.19. The van der Waals surface area contributed by atoms with Crippen molar-refractivity contribution in [2.45, 2.75) is 25.3 Å². The molecule has 8 heteroatoms. The summed E-state index contributed by atoms with van der Waals surface area (Å²) in [6, 6.07) is -1.45.